The third kappa shape index (κ3) is 2.65. The topological polar surface area (TPSA) is 76.6 Å². The number of aliphatic carboxylic acids is 1. The summed E-state index contributed by atoms with van der Waals surface area (Å²) in [4.78, 5) is 23.2. The molecule has 3 rings (SSSR count). The summed E-state index contributed by atoms with van der Waals surface area (Å²) in [7, 11) is 0. The summed E-state index contributed by atoms with van der Waals surface area (Å²) in [5.41, 5.74) is 1.94. The Morgan fingerprint density at radius 3 is 2.68 bits per heavy atom. The molecule has 1 saturated carbocycles. The lowest BCUT2D eigenvalue weighted by atomic mass is 9.87. The Hall–Kier alpha value is -2.11. The molecule has 118 valence electrons. The molecule has 1 aliphatic rings. The van der Waals surface area contributed by atoms with Gasteiger partial charge in [0.05, 0.1) is 12.1 Å². The fourth-order valence-electron chi connectivity index (χ4n) is 3.44. The quantitative estimate of drug-likeness (QED) is 0.939. The standard InChI is InChI=1S/C16H21N3O3/c1-2-18-12(9-16(21)22)8-15(20)19-14(18)10-13(17-19)11-6-4-3-5-7-11/h8,10-11H,2-7,9H2,1H3,(H,21,22). The van der Waals surface area contributed by atoms with Crippen LogP contribution in [0.15, 0.2) is 16.9 Å². The molecular formula is C16H21N3O3. The van der Waals surface area contributed by atoms with Crippen LogP contribution in [-0.2, 0) is 17.8 Å². The number of aryl methyl sites for hydroxylation is 1. The number of aromatic nitrogens is 3. The van der Waals surface area contributed by atoms with Crippen LogP contribution in [0.2, 0.25) is 0 Å². The highest BCUT2D eigenvalue weighted by Gasteiger charge is 2.20. The van der Waals surface area contributed by atoms with Crippen molar-refractivity contribution >= 4 is 11.6 Å². The number of carboxylic acid groups (broad SMARTS) is 1. The Bertz CT molecular complexity index is 754. The van der Waals surface area contributed by atoms with Crippen molar-refractivity contribution in [2.45, 2.75) is 57.9 Å². The smallest absolute Gasteiger partial charge is 0.309 e. The number of carbonyl (C=O) groups is 1. The van der Waals surface area contributed by atoms with Crippen LogP contribution in [-0.4, -0.2) is 25.3 Å². The van der Waals surface area contributed by atoms with Crippen molar-refractivity contribution in [2.24, 2.45) is 0 Å². The molecule has 0 saturated heterocycles. The fourth-order valence-corrected chi connectivity index (χ4v) is 3.44. The fraction of sp³-hybridized carbons (Fsp3) is 0.562. The van der Waals surface area contributed by atoms with Crippen LogP contribution in [0.25, 0.3) is 5.65 Å². The molecule has 2 aromatic rings. The van der Waals surface area contributed by atoms with E-state index in [0.29, 0.717) is 23.8 Å². The van der Waals surface area contributed by atoms with Gasteiger partial charge in [0, 0.05) is 30.3 Å². The van der Waals surface area contributed by atoms with Gasteiger partial charge in [0.25, 0.3) is 5.56 Å². The predicted octanol–water partition coefficient (Wildman–Crippen LogP) is 2.19. The first kappa shape index (κ1) is 14.8. The lowest BCUT2D eigenvalue weighted by Gasteiger charge is -2.18. The van der Waals surface area contributed by atoms with E-state index >= 15 is 0 Å². The van der Waals surface area contributed by atoms with Crippen molar-refractivity contribution in [3.05, 3.63) is 33.9 Å². The molecule has 0 unspecified atom stereocenters. The van der Waals surface area contributed by atoms with Gasteiger partial charge in [0.2, 0.25) is 0 Å². The van der Waals surface area contributed by atoms with Crippen molar-refractivity contribution in [2.75, 3.05) is 0 Å². The molecule has 0 aromatic carbocycles. The number of hydrogen-bond donors (Lipinski definition) is 1. The highest BCUT2D eigenvalue weighted by atomic mass is 16.4. The molecule has 0 atom stereocenters. The summed E-state index contributed by atoms with van der Waals surface area (Å²) in [5.74, 6) is -0.515. The zero-order valence-electron chi connectivity index (χ0n) is 12.8. The summed E-state index contributed by atoms with van der Waals surface area (Å²) < 4.78 is 3.29. The van der Waals surface area contributed by atoms with Gasteiger partial charge in [-0.15, -0.1) is 0 Å². The molecule has 6 nitrogen and oxygen atoms in total. The van der Waals surface area contributed by atoms with Crippen molar-refractivity contribution in [1.82, 2.24) is 14.2 Å². The molecule has 1 N–H and O–H groups in total. The molecule has 1 fully saturated rings. The molecule has 2 aromatic heterocycles. The zero-order chi connectivity index (χ0) is 15.7. The van der Waals surface area contributed by atoms with E-state index in [1.807, 2.05) is 17.6 Å². The van der Waals surface area contributed by atoms with Crippen molar-refractivity contribution in [3.8, 4) is 0 Å². The maximum atomic E-state index is 12.2. The molecule has 22 heavy (non-hydrogen) atoms. The molecule has 2 heterocycles. The molecule has 6 heteroatoms. The second-order valence-electron chi connectivity index (χ2n) is 5.96. The van der Waals surface area contributed by atoms with Crippen LogP contribution in [0.3, 0.4) is 0 Å². The van der Waals surface area contributed by atoms with Gasteiger partial charge >= 0.3 is 5.97 Å². The van der Waals surface area contributed by atoms with E-state index in [9.17, 15) is 9.59 Å². The van der Waals surface area contributed by atoms with Gasteiger partial charge < -0.3 is 9.67 Å². The van der Waals surface area contributed by atoms with Crippen LogP contribution in [0.5, 0.6) is 0 Å². The number of carboxylic acids is 1. The summed E-state index contributed by atoms with van der Waals surface area (Å²) in [5, 5.41) is 13.5. The maximum Gasteiger partial charge on any atom is 0.309 e. The minimum Gasteiger partial charge on any atom is -0.481 e. The Kier molecular flexibility index (Phi) is 4.00. The van der Waals surface area contributed by atoms with Crippen molar-refractivity contribution in [1.29, 1.82) is 0 Å². The predicted molar refractivity (Wildman–Crippen MR) is 82.3 cm³/mol. The number of hydrogen-bond acceptors (Lipinski definition) is 3. The first-order valence-electron chi connectivity index (χ1n) is 7.94. The van der Waals surface area contributed by atoms with E-state index in [0.717, 1.165) is 18.5 Å². The van der Waals surface area contributed by atoms with Gasteiger partial charge in [0.15, 0.2) is 0 Å². The third-order valence-electron chi connectivity index (χ3n) is 4.50. The second kappa shape index (κ2) is 5.94. The van der Waals surface area contributed by atoms with E-state index in [1.54, 1.807) is 0 Å². The zero-order valence-corrected chi connectivity index (χ0v) is 12.8. The lowest BCUT2D eigenvalue weighted by molar-refractivity contribution is -0.136. The Labute approximate surface area is 128 Å². The lowest BCUT2D eigenvalue weighted by Crippen LogP contribution is -2.22. The first-order chi connectivity index (χ1) is 10.6. The van der Waals surface area contributed by atoms with Crippen molar-refractivity contribution < 1.29 is 9.90 Å². The molecule has 0 bridgehead atoms. The summed E-state index contributed by atoms with van der Waals surface area (Å²) in [6.07, 6.45) is 5.78. The number of fused-ring (bicyclic) bond motifs is 1. The Morgan fingerprint density at radius 2 is 2.05 bits per heavy atom. The van der Waals surface area contributed by atoms with Gasteiger partial charge in [0.1, 0.15) is 5.65 Å². The van der Waals surface area contributed by atoms with E-state index in [1.165, 1.54) is 29.8 Å². The van der Waals surface area contributed by atoms with Crippen molar-refractivity contribution in [3.63, 3.8) is 0 Å². The maximum absolute atomic E-state index is 12.2. The van der Waals surface area contributed by atoms with E-state index in [-0.39, 0.29) is 12.0 Å². The van der Waals surface area contributed by atoms with Gasteiger partial charge in [-0.2, -0.15) is 9.61 Å². The van der Waals surface area contributed by atoms with Gasteiger partial charge in [-0.1, -0.05) is 19.3 Å². The van der Waals surface area contributed by atoms with Crippen LogP contribution in [0, 0.1) is 0 Å². The first-order valence-corrected chi connectivity index (χ1v) is 7.94. The monoisotopic (exact) mass is 303 g/mol. The minimum absolute atomic E-state index is 0.149. The molecule has 0 amide bonds. The van der Waals surface area contributed by atoms with Crippen LogP contribution in [0.4, 0.5) is 0 Å². The normalized spacial score (nSPS) is 16.2. The average Bonchev–Trinajstić information content (AvgIpc) is 2.93. The van der Waals surface area contributed by atoms with Gasteiger partial charge in [-0.3, -0.25) is 9.59 Å². The Morgan fingerprint density at radius 1 is 1.32 bits per heavy atom. The van der Waals surface area contributed by atoms with Crippen LogP contribution >= 0.6 is 0 Å². The van der Waals surface area contributed by atoms with Gasteiger partial charge in [-0.05, 0) is 19.8 Å². The molecule has 0 radical (unpaired) electrons. The average molecular weight is 303 g/mol. The van der Waals surface area contributed by atoms with E-state index in [2.05, 4.69) is 5.10 Å². The van der Waals surface area contributed by atoms with E-state index in [4.69, 9.17) is 5.11 Å². The number of nitrogens with zero attached hydrogens (tertiary/aromatic N) is 3. The Balaban J connectivity index is 2.11. The molecular weight excluding hydrogens is 282 g/mol. The summed E-state index contributed by atoms with van der Waals surface area (Å²) in [6, 6.07) is 3.36. The van der Waals surface area contributed by atoms with E-state index < -0.39 is 5.97 Å². The molecule has 0 spiro atoms. The van der Waals surface area contributed by atoms with Crippen LogP contribution < -0.4 is 5.56 Å². The minimum atomic E-state index is -0.932. The third-order valence-corrected chi connectivity index (χ3v) is 4.50. The molecule has 0 aliphatic heterocycles. The van der Waals surface area contributed by atoms with Gasteiger partial charge in [-0.25, -0.2) is 0 Å². The largest absolute Gasteiger partial charge is 0.481 e. The SMILES string of the molecule is CCn1c(CC(=O)O)cc(=O)n2nc(C3CCCCC3)cc12. The van der Waals surface area contributed by atoms with Crippen LogP contribution in [0.1, 0.15) is 56.3 Å². The molecule has 1 aliphatic carbocycles. The highest BCUT2D eigenvalue weighted by Crippen LogP contribution is 2.32. The highest BCUT2D eigenvalue weighted by molar-refractivity contribution is 5.70. The summed E-state index contributed by atoms with van der Waals surface area (Å²) in [6.45, 7) is 2.56. The number of rotatable bonds is 4. The summed E-state index contributed by atoms with van der Waals surface area (Å²) >= 11 is 0. The second-order valence-corrected chi connectivity index (χ2v) is 5.96.